The van der Waals surface area contributed by atoms with Crippen molar-refractivity contribution in [2.75, 3.05) is 0 Å². The standard InChI is InChI=1S/C49H33N5/c1-2-9-34(10-3-1)35-18-20-36(21-19-35)47-30-48(54-49(53-47)43-17-8-24-52-33-43)46-28-44(39-13-4-11-37(25-39)41-15-6-22-50-31-41)27-45(29-46)40-14-5-12-38(26-40)42-16-7-23-51-32-42/h1-33H. The van der Waals surface area contributed by atoms with Crippen LogP contribution in [0.2, 0.25) is 0 Å². The first kappa shape index (κ1) is 32.5. The van der Waals surface area contributed by atoms with E-state index in [-0.39, 0.29) is 0 Å². The molecule has 54 heavy (non-hydrogen) atoms. The molecule has 0 atom stereocenters. The van der Waals surface area contributed by atoms with Crippen LogP contribution in [0.5, 0.6) is 0 Å². The molecule has 0 aliphatic carbocycles. The predicted molar refractivity (Wildman–Crippen MR) is 219 cm³/mol. The molecule has 0 aliphatic heterocycles. The number of hydrogen-bond acceptors (Lipinski definition) is 5. The third-order valence-electron chi connectivity index (χ3n) is 9.54. The van der Waals surface area contributed by atoms with Crippen LogP contribution in [0.1, 0.15) is 0 Å². The van der Waals surface area contributed by atoms with Gasteiger partial charge in [0.25, 0.3) is 0 Å². The summed E-state index contributed by atoms with van der Waals surface area (Å²) in [6.45, 7) is 0. The molecule has 0 N–H and O–H groups in total. The average Bonchev–Trinajstić information content (AvgIpc) is 3.27. The Morgan fingerprint density at radius 1 is 0.241 bits per heavy atom. The van der Waals surface area contributed by atoms with Crippen LogP contribution in [0.4, 0.5) is 0 Å². The Morgan fingerprint density at radius 3 is 1.15 bits per heavy atom. The number of rotatable bonds is 8. The number of aromatic nitrogens is 5. The van der Waals surface area contributed by atoms with Crippen LogP contribution in [0, 0.1) is 0 Å². The van der Waals surface area contributed by atoms with Crippen LogP contribution in [0.25, 0.3) is 89.5 Å². The zero-order valence-corrected chi connectivity index (χ0v) is 29.3. The van der Waals surface area contributed by atoms with Gasteiger partial charge in [-0.2, -0.15) is 0 Å². The molecular weight excluding hydrogens is 659 g/mol. The molecule has 9 rings (SSSR count). The van der Waals surface area contributed by atoms with Gasteiger partial charge in [-0.05, 0) is 105 Å². The fraction of sp³-hybridized carbons (Fsp3) is 0. The van der Waals surface area contributed by atoms with E-state index in [1.54, 1.807) is 18.6 Å². The molecule has 4 heterocycles. The quantitative estimate of drug-likeness (QED) is 0.159. The van der Waals surface area contributed by atoms with Crippen molar-refractivity contribution in [1.82, 2.24) is 24.9 Å². The lowest BCUT2D eigenvalue weighted by Crippen LogP contribution is -1.97. The number of pyridine rings is 3. The second kappa shape index (κ2) is 14.7. The third-order valence-corrected chi connectivity index (χ3v) is 9.54. The largest absolute Gasteiger partial charge is 0.264 e. The third kappa shape index (κ3) is 6.94. The van der Waals surface area contributed by atoms with Crippen molar-refractivity contribution in [1.29, 1.82) is 0 Å². The van der Waals surface area contributed by atoms with E-state index in [2.05, 4.69) is 148 Å². The zero-order chi connectivity index (χ0) is 36.1. The summed E-state index contributed by atoms with van der Waals surface area (Å²) in [4.78, 5) is 23.4. The van der Waals surface area contributed by atoms with Crippen molar-refractivity contribution in [3.05, 3.63) is 201 Å². The van der Waals surface area contributed by atoms with Crippen molar-refractivity contribution in [3.63, 3.8) is 0 Å². The molecule has 0 saturated carbocycles. The molecule has 0 aliphatic rings. The van der Waals surface area contributed by atoms with E-state index in [0.717, 1.165) is 78.1 Å². The maximum Gasteiger partial charge on any atom is 0.161 e. The van der Waals surface area contributed by atoms with Gasteiger partial charge in [0, 0.05) is 65.0 Å². The van der Waals surface area contributed by atoms with Gasteiger partial charge in [0.1, 0.15) is 0 Å². The van der Waals surface area contributed by atoms with Crippen molar-refractivity contribution >= 4 is 0 Å². The minimum absolute atomic E-state index is 0.617. The minimum atomic E-state index is 0.617. The molecule has 0 spiro atoms. The van der Waals surface area contributed by atoms with Crippen LogP contribution in [-0.2, 0) is 0 Å². The highest BCUT2D eigenvalue weighted by Crippen LogP contribution is 2.37. The highest BCUT2D eigenvalue weighted by atomic mass is 14.9. The second-order valence-corrected chi connectivity index (χ2v) is 13.1. The summed E-state index contributed by atoms with van der Waals surface area (Å²) in [6, 6.07) is 57.1. The summed E-state index contributed by atoms with van der Waals surface area (Å²) >= 11 is 0. The normalized spacial score (nSPS) is 11.0. The highest BCUT2D eigenvalue weighted by molar-refractivity contribution is 5.84. The van der Waals surface area contributed by atoms with Crippen molar-refractivity contribution in [3.8, 4) is 89.5 Å². The fourth-order valence-electron chi connectivity index (χ4n) is 6.76. The minimum Gasteiger partial charge on any atom is -0.264 e. The van der Waals surface area contributed by atoms with Gasteiger partial charge in [0.15, 0.2) is 5.82 Å². The van der Waals surface area contributed by atoms with Crippen LogP contribution in [0.15, 0.2) is 201 Å². The Labute approximate surface area is 314 Å². The fourth-order valence-corrected chi connectivity index (χ4v) is 6.76. The Kier molecular flexibility index (Phi) is 8.86. The lowest BCUT2D eigenvalue weighted by Gasteiger charge is -2.14. The number of hydrogen-bond donors (Lipinski definition) is 0. The lowest BCUT2D eigenvalue weighted by atomic mass is 9.92. The van der Waals surface area contributed by atoms with E-state index in [9.17, 15) is 0 Å². The average molecular weight is 692 g/mol. The van der Waals surface area contributed by atoms with Crippen molar-refractivity contribution in [2.45, 2.75) is 0 Å². The van der Waals surface area contributed by atoms with Crippen LogP contribution < -0.4 is 0 Å². The SMILES string of the molecule is c1ccc(-c2ccc(-c3cc(-c4cc(-c5cccc(-c6cccnc6)c5)cc(-c5cccc(-c6cccnc6)c5)c4)nc(-c4cccnc4)n3)cc2)cc1. The van der Waals surface area contributed by atoms with Gasteiger partial charge in [0.2, 0.25) is 0 Å². The molecule has 254 valence electrons. The smallest absolute Gasteiger partial charge is 0.161 e. The molecule has 0 unspecified atom stereocenters. The first-order valence-corrected chi connectivity index (χ1v) is 17.9. The molecule has 0 saturated heterocycles. The highest BCUT2D eigenvalue weighted by Gasteiger charge is 2.15. The first-order chi connectivity index (χ1) is 26.7. The van der Waals surface area contributed by atoms with E-state index in [1.807, 2.05) is 48.9 Å². The van der Waals surface area contributed by atoms with E-state index in [4.69, 9.17) is 9.97 Å². The molecular formula is C49H33N5. The lowest BCUT2D eigenvalue weighted by molar-refractivity contribution is 1.17. The Morgan fingerprint density at radius 2 is 0.630 bits per heavy atom. The van der Waals surface area contributed by atoms with Crippen molar-refractivity contribution < 1.29 is 0 Å². The van der Waals surface area contributed by atoms with Gasteiger partial charge < -0.3 is 0 Å². The molecule has 5 aromatic carbocycles. The second-order valence-electron chi connectivity index (χ2n) is 13.1. The maximum atomic E-state index is 5.20. The topological polar surface area (TPSA) is 64.5 Å². The molecule has 4 aromatic heterocycles. The predicted octanol–water partition coefficient (Wildman–Crippen LogP) is 12.0. The van der Waals surface area contributed by atoms with Crippen LogP contribution in [0.3, 0.4) is 0 Å². The number of benzene rings is 5. The Balaban J connectivity index is 1.22. The van der Waals surface area contributed by atoms with Gasteiger partial charge in [0.05, 0.1) is 11.4 Å². The molecule has 5 heteroatoms. The van der Waals surface area contributed by atoms with Gasteiger partial charge in [-0.1, -0.05) is 103 Å². The summed E-state index contributed by atoms with van der Waals surface area (Å²) in [5.41, 5.74) is 15.5. The zero-order valence-electron chi connectivity index (χ0n) is 29.3. The first-order valence-electron chi connectivity index (χ1n) is 17.9. The van der Waals surface area contributed by atoms with Gasteiger partial charge >= 0.3 is 0 Å². The van der Waals surface area contributed by atoms with Gasteiger partial charge in [-0.15, -0.1) is 0 Å². The van der Waals surface area contributed by atoms with E-state index >= 15 is 0 Å². The molecule has 0 radical (unpaired) electrons. The summed E-state index contributed by atoms with van der Waals surface area (Å²) in [6.07, 6.45) is 11.0. The van der Waals surface area contributed by atoms with E-state index in [0.29, 0.717) is 5.82 Å². The molecule has 0 fully saturated rings. The summed E-state index contributed by atoms with van der Waals surface area (Å²) in [5, 5.41) is 0. The molecule has 0 amide bonds. The monoisotopic (exact) mass is 691 g/mol. The maximum absolute atomic E-state index is 5.20. The van der Waals surface area contributed by atoms with Crippen LogP contribution >= 0.6 is 0 Å². The molecule has 0 bridgehead atoms. The van der Waals surface area contributed by atoms with Crippen molar-refractivity contribution in [2.24, 2.45) is 0 Å². The molecule has 5 nitrogen and oxygen atoms in total. The van der Waals surface area contributed by atoms with Gasteiger partial charge in [-0.25, -0.2) is 9.97 Å². The Hall–Kier alpha value is -7.37. The summed E-state index contributed by atoms with van der Waals surface area (Å²) in [7, 11) is 0. The Bertz CT molecular complexity index is 2580. The summed E-state index contributed by atoms with van der Waals surface area (Å²) in [5.74, 6) is 0.617. The van der Waals surface area contributed by atoms with Gasteiger partial charge in [-0.3, -0.25) is 15.0 Å². The van der Waals surface area contributed by atoms with E-state index < -0.39 is 0 Å². The summed E-state index contributed by atoms with van der Waals surface area (Å²) < 4.78 is 0. The number of nitrogens with zero attached hydrogens (tertiary/aromatic N) is 5. The van der Waals surface area contributed by atoms with Crippen LogP contribution in [-0.4, -0.2) is 24.9 Å². The molecule has 9 aromatic rings. The van der Waals surface area contributed by atoms with E-state index in [1.165, 1.54) is 5.56 Å².